The zero-order valence-electron chi connectivity index (χ0n) is 13.3. The third-order valence-corrected chi connectivity index (χ3v) is 4.39. The molecule has 122 valence electrons. The summed E-state index contributed by atoms with van der Waals surface area (Å²) in [5, 5.41) is 8.50. The summed E-state index contributed by atoms with van der Waals surface area (Å²) in [6.45, 7) is 3.46. The van der Waals surface area contributed by atoms with Gasteiger partial charge in [-0.2, -0.15) is 0 Å². The molecule has 0 unspecified atom stereocenters. The van der Waals surface area contributed by atoms with E-state index in [4.69, 9.17) is 10.2 Å². The van der Waals surface area contributed by atoms with Gasteiger partial charge in [-0.05, 0) is 49.7 Å². The molecule has 0 atom stereocenters. The second kappa shape index (κ2) is 6.93. The highest BCUT2D eigenvalue weighted by atomic mass is 16.5. The van der Waals surface area contributed by atoms with Gasteiger partial charge >= 0.3 is 0 Å². The Hall–Kier alpha value is -2.18. The van der Waals surface area contributed by atoms with Crippen molar-refractivity contribution in [1.29, 1.82) is 0 Å². The maximum absolute atomic E-state index is 11.0. The van der Waals surface area contributed by atoms with Crippen LogP contribution in [0.25, 0.3) is 17.1 Å². The van der Waals surface area contributed by atoms with Crippen LogP contribution < -0.4 is 5.48 Å². The average molecular weight is 314 g/mol. The lowest BCUT2D eigenvalue weighted by Crippen LogP contribution is -2.22. The van der Waals surface area contributed by atoms with Crippen molar-refractivity contribution in [2.75, 3.05) is 19.6 Å². The SMILES string of the molecule is Cn1c(CCN2CCCC2)nc2cc(/C=C/C(=O)NO)ccc21. The van der Waals surface area contributed by atoms with Crippen molar-refractivity contribution < 1.29 is 10.0 Å². The van der Waals surface area contributed by atoms with E-state index in [1.165, 1.54) is 32.0 Å². The molecular weight excluding hydrogens is 292 g/mol. The molecule has 23 heavy (non-hydrogen) atoms. The first kappa shape index (κ1) is 15.7. The molecule has 1 fully saturated rings. The summed E-state index contributed by atoms with van der Waals surface area (Å²) in [6.07, 6.45) is 6.50. The monoisotopic (exact) mass is 314 g/mol. The molecule has 0 aliphatic carbocycles. The molecule has 2 aromatic rings. The van der Waals surface area contributed by atoms with Crippen molar-refractivity contribution in [2.24, 2.45) is 7.05 Å². The lowest BCUT2D eigenvalue weighted by molar-refractivity contribution is -0.124. The molecule has 1 aromatic carbocycles. The highest BCUT2D eigenvalue weighted by Crippen LogP contribution is 2.18. The van der Waals surface area contributed by atoms with Gasteiger partial charge in [-0.3, -0.25) is 10.0 Å². The predicted molar refractivity (Wildman–Crippen MR) is 89.1 cm³/mol. The van der Waals surface area contributed by atoms with E-state index in [2.05, 4.69) is 9.47 Å². The second-order valence-corrected chi connectivity index (χ2v) is 5.94. The van der Waals surface area contributed by atoms with Crippen molar-refractivity contribution in [1.82, 2.24) is 19.9 Å². The predicted octanol–water partition coefficient (Wildman–Crippen LogP) is 1.73. The number of likely N-dealkylation sites (tertiary alicyclic amines) is 1. The zero-order chi connectivity index (χ0) is 16.2. The van der Waals surface area contributed by atoms with Crippen LogP contribution in [0, 0.1) is 0 Å². The number of aryl methyl sites for hydroxylation is 1. The van der Waals surface area contributed by atoms with Crippen LogP contribution >= 0.6 is 0 Å². The van der Waals surface area contributed by atoms with Gasteiger partial charge in [-0.1, -0.05) is 6.07 Å². The van der Waals surface area contributed by atoms with Crippen LogP contribution in [0.1, 0.15) is 24.2 Å². The van der Waals surface area contributed by atoms with Crippen LogP contribution in [-0.4, -0.2) is 45.2 Å². The Morgan fingerprint density at radius 2 is 2.17 bits per heavy atom. The first-order valence-electron chi connectivity index (χ1n) is 7.97. The average Bonchev–Trinajstić information content (AvgIpc) is 3.19. The number of fused-ring (bicyclic) bond motifs is 1. The summed E-state index contributed by atoms with van der Waals surface area (Å²) in [5.74, 6) is 0.540. The third kappa shape index (κ3) is 3.60. The van der Waals surface area contributed by atoms with Gasteiger partial charge in [-0.25, -0.2) is 10.5 Å². The van der Waals surface area contributed by atoms with Crippen molar-refractivity contribution in [3.8, 4) is 0 Å². The van der Waals surface area contributed by atoms with E-state index in [-0.39, 0.29) is 0 Å². The molecule has 0 bridgehead atoms. The molecule has 1 saturated heterocycles. The fraction of sp³-hybridized carbons (Fsp3) is 0.412. The van der Waals surface area contributed by atoms with E-state index < -0.39 is 5.91 Å². The molecule has 2 heterocycles. The molecule has 0 spiro atoms. The number of hydrogen-bond acceptors (Lipinski definition) is 4. The Labute approximate surface area is 135 Å². The molecular formula is C17H22N4O2. The molecule has 3 rings (SSSR count). The normalized spacial score (nSPS) is 15.7. The van der Waals surface area contributed by atoms with Gasteiger partial charge in [-0.15, -0.1) is 0 Å². The van der Waals surface area contributed by atoms with Crippen LogP contribution in [0.3, 0.4) is 0 Å². The van der Waals surface area contributed by atoms with Gasteiger partial charge < -0.3 is 9.47 Å². The lowest BCUT2D eigenvalue weighted by Gasteiger charge is -2.13. The van der Waals surface area contributed by atoms with Gasteiger partial charge in [0, 0.05) is 26.1 Å². The molecule has 0 radical (unpaired) electrons. The number of imidazole rings is 1. The minimum atomic E-state index is -0.544. The Morgan fingerprint density at radius 3 is 2.91 bits per heavy atom. The van der Waals surface area contributed by atoms with Gasteiger partial charge in [0.1, 0.15) is 5.82 Å². The van der Waals surface area contributed by atoms with Crippen LogP contribution in [0.15, 0.2) is 24.3 Å². The quantitative estimate of drug-likeness (QED) is 0.501. The van der Waals surface area contributed by atoms with Gasteiger partial charge in [0.2, 0.25) is 0 Å². The molecule has 2 N–H and O–H groups in total. The van der Waals surface area contributed by atoms with E-state index in [9.17, 15) is 4.79 Å². The summed E-state index contributed by atoms with van der Waals surface area (Å²) < 4.78 is 2.14. The maximum atomic E-state index is 11.0. The van der Waals surface area contributed by atoms with E-state index in [1.807, 2.05) is 25.2 Å². The van der Waals surface area contributed by atoms with Crippen LogP contribution in [-0.2, 0) is 18.3 Å². The number of rotatable bonds is 5. The number of nitrogens with zero attached hydrogens (tertiary/aromatic N) is 3. The van der Waals surface area contributed by atoms with Crippen molar-refractivity contribution in [3.05, 3.63) is 35.7 Å². The number of hydrogen-bond donors (Lipinski definition) is 2. The Balaban J connectivity index is 1.77. The molecule has 6 nitrogen and oxygen atoms in total. The number of nitrogens with one attached hydrogen (secondary N) is 1. The smallest absolute Gasteiger partial charge is 0.267 e. The first-order chi connectivity index (χ1) is 11.2. The largest absolute Gasteiger partial charge is 0.331 e. The van der Waals surface area contributed by atoms with E-state index in [1.54, 1.807) is 11.6 Å². The summed E-state index contributed by atoms with van der Waals surface area (Å²) in [5.41, 5.74) is 4.47. The number of hydroxylamine groups is 1. The number of benzene rings is 1. The highest BCUT2D eigenvalue weighted by molar-refractivity contribution is 5.91. The summed E-state index contributed by atoms with van der Waals surface area (Å²) in [7, 11) is 2.05. The topological polar surface area (TPSA) is 70.4 Å². The van der Waals surface area contributed by atoms with E-state index >= 15 is 0 Å². The summed E-state index contributed by atoms with van der Waals surface area (Å²) >= 11 is 0. The van der Waals surface area contributed by atoms with Crippen LogP contribution in [0.5, 0.6) is 0 Å². The minimum Gasteiger partial charge on any atom is -0.331 e. The second-order valence-electron chi connectivity index (χ2n) is 5.94. The van der Waals surface area contributed by atoms with Crippen molar-refractivity contribution in [3.63, 3.8) is 0 Å². The number of carbonyl (C=O) groups is 1. The number of carbonyl (C=O) groups excluding carboxylic acids is 1. The third-order valence-electron chi connectivity index (χ3n) is 4.39. The molecule has 6 heteroatoms. The Bertz CT molecular complexity index is 730. The molecule has 1 aliphatic heterocycles. The van der Waals surface area contributed by atoms with Gasteiger partial charge in [0.15, 0.2) is 0 Å². The lowest BCUT2D eigenvalue weighted by atomic mass is 10.2. The first-order valence-corrected chi connectivity index (χ1v) is 7.97. The zero-order valence-corrected chi connectivity index (χ0v) is 13.3. The summed E-state index contributed by atoms with van der Waals surface area (Å²) in [4.78, 5) is 18.3. The standard InChI is InChI=1S/C17H22N4O2/c1-20-15-6-4-13(5-7-17(22)19-23)12-14(15)18-16(20)8-11-21-9-2-3-10-21/h4-7,12,23H,2-3,8-11H2,1H3,(H,19,22)/b7-5+. The van der Waals surface area contributed by atoms with Gasteiger partial charge in [0.25, 0.3) is 5.91 Å². The molecule has 1 aromatic heterocycles. The van der Waals surface area contributed by atoms with Gasteiger partial charge in [0.05, 0.1) is 11.0 Å². The molecule has 0 saturated carbocycles. The van der Waals surface area contributed by atoms with Crippen molar-refractivity contribution >= 4 is 23.0 Å². The highest BCUT2D eigenvalue weighted by Gasteiger charge is 2.13. The van der Waals surface area contributed by atoms with E-state index in [0.29, 0.717) is 0 Å². The molecule has 1 amide bonds. The fourth-order valence-electron chi connectivity index (χ4n) is 3.07. The van der Waals surface area contributed by atoms with Crippen LogP contribution in [0.2, 0.25) is 0 Å². The number of amides is 1. The Kier molecular flexibility index (Phi) is 4.73. The fourth-order valence-corrected chi connectivity index (χ4v) is 3.07. The van der Waals surface area contributed by atoms with E-state index in [0.717, 1.165) is 35.4 Å². The minimum absolute atomic E-state index is 0.544. The molecule has 1 aliphatic rings. The van der Waals surface area contributed by atoms with Crippen LogP contribution in [0.4, 0.5) is 0 Å². The Morgan fingerprint density at radius 1 is 1.39 bits per heavy atom. The van der Waals surface area contributed by atoms with Crippen molar-refractivity contribution in [2.45, 2.75) is 19.3 Å². The maximum Gasteiger partial charge on any atom is 0.267 e. The number of aromatic nitrogens is 2. The summed E-state index contributed by atoms with van der Waals surface area (Å²) in [6, 6.07) is 5.91.